The van der Waals surface area contributed by atoms with Gasteiger partial charge in [0.05, 0.1) is 0 Å². The molecular weight excluding hydrogens is 222 g/mol. The molecule has 1 saturated heterocycles. The molecule has 1 aliphatic heterocycles. The van der Waals surface area contributed by atoms with Gasteiger partial charge in [-0.1, -0.05) is 13.8 Å². The minimum absolute atomic E-state index is 0.0672. The number of rotatable bonds is 1. The van der Waals surface area contributed by atoms with Crippen molar-refractivity contribution in [2.75, 3.05) is 23.7 Å². The monoisotopic (exact) mass is 240 g/mol. The maximum atomic E-state index is 13.8. The maximum absolute atomic E-state index is 13.8. The fourth-order valence-electron chi connectivity index (χ4n) is 2.73. The first-order valence-corrected chi connectivity index (χ1v) is 5.97. The van der Waals surface area contributed by atoms with E-state index in [0.29, 0.717) is 24.9 Å². The maximum Gasteiger partial charge on any atom is 0.151 e. The van der Waals surface area contributed by atoms with E-state index in [0.717, 1.165) is 6.42 Å². The van der Waals surface area contributed by atoms with E-state index in [1.54, 1.807) is 4.90 Å². The van der Waals surface area contributed by atoms with Crippen LogP contribution in [-0.2, 0) is 0 Å². The molecule has 2 atom stereocenters. The Hall–Kier alpha value is -1.32. The fraction of sp³-hybridized carbons (Fsp3) is 0.538. The summed E-state index contributed by atoms with van der Waals surface area (Å²) in [6.45, 7) is 5.61. The van der Waals surface area contributed by atoms with Gasteiger partial charge in [-0.05, 0) is 30.4 Å². The second-order valence-corrected chi connectivity index (χ2v) is 5.18. The van der Waals surface area contributed by atoms with Gasteiger partial charge in [0.2, 0.25) is 0 Å². The zero-order chi connectivity index (χ0) is 12.6. The Balaban J connectivity index is 2.33. The van der Waals surface area contributed by atoms with Gasteiger partial charge in [-0.15, -0.1) is 0 Å². The lowest BCUT2D eigenvalue weighted by molar-refractivity contribution is 0.352. The molecule has 0 aliphatic carbocycles. The average molecular weight is 240 g/mol. The van der Waals surface area contributed by atoms with E-state index in [-0.39, 0.29) is 11.4 Å². The number of halogens is 2. The van der Waals surface area contributed by atoms with Gasteiger partial charge in [0, 0.05) is 18.8 Å². The summed E-state index contributed by atoms with van der Waals surface area (Å²) in [5, 5.41) is 0. The summed E-state index contributed by atoms with van der Waals surface area (Å²) in [4.78, 5) is 1.79. The third kappa shape index (κ3) is 2.51. The predicted octanol–water partition coefficient (Wildman–Crippen LogP) is 3.03. The van der Waals surface area contributed by atoms with Crippen molar-refractivity contribution in [1.29, 1.82) is 0 Å². The van der Waals surface area contributed by atoms with Crippen molar-refractivity contribution in [2.45, 2.75) is 20.3 Å². The van der Waals surface area contributed by atoms with E-state index in [1.165, 1.54) is 12.1 Å². The lowest BCUT2D eigenvalue weighted by atomic mass is 9.91. The van der Waals surface area contributed by atoms with Crippen LogP contribution in [-0.4, -0.2) is 13.1 Å². The molecule has 1 aromatic carbocycles. The lowest BCUT2D eigenvalue weighted by Crippen LogP contribution is -2.39. The standard InChI is InChI=1S/C13H18F2N2/c1-8-3-9(2)7-17(6-8)13-11(14)4-10(16)5-12(13)15/h4-5,8-9H,3,6-7,16H2,1-2H3/t8-,9-/m0/s1. The number of benzene rings is 1. The number of nitrogens with two attached hydrogens (primary N) is 1. The third-order valence-corrected chi connectivity index (χ3v) is 3.22. The average Bonchev–Trinajstić information content (AvgIpc) is 2.13. The second kappa shape index (κ2) is 4.51. The third-order valence-electron chi connectivity index (χ3n) is 3.22. The Kier molecular flexibility index (Phi) is 3.22. The topological polar surface area (TPSA) is 29.3 Å². The Morgan fingerprint density at radius 3 is 2.06 bits per heavy atom. The zero-order valence-corrected chi connectivity index (χ0v) is 10.2. The predicted molar refractivity (Wildman–Crippen MR) is 65.9 cm³/mol. The molecule has 1 heterocycles. The molecular formula is C13H18F2N2. The van der Waals surface area contributed by atoms with Gasteiger partial charge in [0.25, 0.3) is 0 Å². The molecule has 0 spiro atoms. The molecule has 0 amide bonds. The molecule has 0 unspecified atom stereocenters. The summed E-state index contributed by atoms with van der Waals surface area (Å²) < 4.78 is 27.6. The largest absolute Gasteiger partial charge is 0.399 e. The summed E-state index contributed by atoms with van der Waals surface area (Å²) in [6.07, 6.45) is 1.11. The Bertz CT molecular complexity index is 387. The van der Waals surface area contributed by atoms with Crippen molar-refractivity contribution in [2.24, 2.45) is 11.8 Å². The molecule has 0 aromatic heterocycles. The van der Waals surface area contributed by atoms with Crippen molar-refractivity contribution in [3.05, 3.63) is 23.8 Å². The van der Waals surface area contributed by atoms with E-state index in [4.69, 9.17) is 5.73 Å². The Morgan fingerprint density at radius 1 is 1.12 bits per heavy atom. The summed E-state index contributed by atoms with van der Waals surface area (Å²) in [5.41, 5.74) is 5.61. The van der Waals surface area contributed by atoms with Gasteiger partial charge in [-0.25, -0.2) is 8.78 Å². The molecule has 2 N–H and O–H groups in total. The van der Waals surface area contributed by atoms with Crippen LogP contribution in [0.1, 0.15) is 20.3 Å². The molecule has 4 heteroatoms. The van der Waals surface area contributed by atoms with Gasteiger partial charge >= 0.3 is 0 Å². The highest BCUT2D eigenvalue weighted by Crippen LogP contribution is 2.31. The van der Waals surface area contributed by atoms with Crippen molar-refractivity contribution >= 4 is 11.4 Å². The molecule has 1 aliphatic rings. The van der Waals surface area contributed by atoms with Crippen molar-refractivity contribution in [1.82, 2.24) is 0 Å². The van der Waals surface area contributed by atoms with E-state index in [2.05, 4.69) is 13.8 Å². The molecule has 94 valence electrons. The molecule has 1 fully saturated rings. The van der Waals surface area contributed by atoms with Gasteiger partial charge in [-0.3, -0.25) is 0 Å². The first-order chi connectivity index (χ1) is 7.97. The summed E-state index contributed by atoms with van der Waals surface area (Å²) in [6, 6.07) is 2.37. The van der Waals surface area contributed by atoms with Gasteiger partial charge in [0.1, 0.15) is 5.69 Å². The zero-order valence-electron chi connectivity index (χ0n) is 10.2. The van der Waals surface area contributed by atoms with Gasteiger partial charge < -0.3 is 10.6 Å². The molecule has 0 radical (unpaired) electrons. The van der Waals surface area contributed by atoms with Crippen LogP contribution < -0.4 is 10.6 Å². The lowest BCUT2D eigenvalue weighted by Gasteiger charge is -2.36. The summed E-state index contributed by atoms with van der Waals surface area (Å²) in [7, 11) is 0. The van der Waals surface area contributed by atoms with E-state index < -0.39 is 11.6 Å². The highest BCUT2D eigenvalue weighted by molar-refractivity contribution is 5.56. The normalized spacial score (nSPS) is 25.1. The van der Waals surface area contributed by atoms with E-state index >= 15 is 0 Å². The van der Waals surface area contributed by atoms with Crippen molar-refractivity contribution < 1.29 is 8.78 Å². The number of hydrogen-bond acceptors (Lipinski definition) is 2. The number of piperidine rings is 1. The number of nitrogens with zero attached hydrogens (tertiary/aromatic N) is 1. The van der Waals surface area contributed by atoms with Crippen LogP contribution in [0.4, 0.5) is 20.2 Å². The van der Waals surface area contributed by atoms with Crippen LogP contribution in [0, 0.1) is 23.5 Å². The summed E-state index contributed by atoms with van der Waals surface area (Å²) >= 11 is 0. The highest BCUT2D eigenvalue weighted by Gasteiger charge is 2.26. The molecule has 0 bridgehead atoms. The van der Waals surface area contributed by atoms with Gasteiger partial charge in [0.15, 0.2) is 11.6 Å². The second-order valence-electron chi connectivity index (χ2n) is 5.18. The quantitative estimate of drug-likeness (QED) is 0.764. The van der Waals surface area contributed by atoms with Crippen LogP contribution in [0.25, 0.3) is 0 Å². The van der Waals surface area contributed by atoms with Crippen LogP contribution in [0.2, 0.25) is 0 Å². The number of nitrogen functional groups attached to an aromatic ring is 1. The number of anilines is 2. The summed E-state index contributed by atoms with van der Waals surface area (Å²) in [5.74, 6) is -0.224. The minimum atomic E-state index is -0.566. The first kappa shape index (κ1) is 12.1. The smallest absolute Gasteiger partial charge is 0.151 e. The first-order valence-electron chi connectivity index (χ1n) is 5.97. The van der Waals surface area contributed by atoms with Gasteiger partial charge in [-0.2, -0.15) is 0 Å². The molecule has 2 rings (SSSR count). The van der Waals surface area contributed by atoms with E-state index in [1.807, 2.05) is 0 Å². The Labute approximate surface area is 100 Å². The number of hydrogen-bond donors (Lipinski definition) is 1. The van der Waals surface area contributed by atoms with Crippen LogP contribution in [0.5, 0.6) is 0 Å². The Morgan fingerprint density at radius 2 is 1.59 bits per heavy atom. The molecule has 2 nitrogen and oxygen atoms in total. The molecule has 1 aromatic rings. The minimum Gasteiger partial charge on any atom is -0.399 e. The van der Waals surface area contributed by atoms with E-state index in [9.17, 15) is 8.78 Å². The van der Waals surface area contributed by atoms with Crippen LogP contribution >= 0.6 is 0 Å². The highest BCUT2D eigenvalue weighted by atomic mass is 19.1. The SMILES string of the molecule is C[C@H]1C[C@H](C)CN(c2c(F)cc(N)cc2F)C1. The van der Waals surface area contributed by atoms with Crippen LogP contribution in [0.15, 0.2) is 12.1 Å². The molecule has 17 heavy (non-hydrogen) atoms. The van der Waals surface area contributed by atoms with Crippen LogP contribution in [0.3, 0.4) is 0 Å². The van der Waals surface area contributed by atoms with Crippen molar-refractivity contribution in [3.8, 4) is 0 Å². The molecule has 0 saturated carbocycles. The fourth-order valence-corrected chi connectivity index (χ4v) is 2.73. The van der Waals surface area contributed by atoms with Crippen molar-refractivity contribution in [3.63, 3.8) is 0 Å².